The largest absolute Gasteiger partial charge is 0.481 e. The maximum Gasteiger partial charge on any atom is 0.263 e. The van der Waals surface area contributed by atoms with E-state index in [1.165, 1.54) is 5.56 Å². The molecule has 1 atom stereocenters. The minimum Gasteiger partial charge on any atom is -0.481 e. The Labute approximate surface area is 120 Å². The van der Waals surface area contributed by atoms with Gasteiger partial charge in [-0.15, -0.1) is 0 Å². The Morgan fingerprint density at radius 2 is 1.90 bits per heavy atom. The number of morpholine rings is 1. The SMILES string of the molecule is Cc1cc(C)c(C)c(OC(C)C(=O)N2CCOCC2)c1. The molecule has 1 amide bonds. The lowest BCUT2D eigenvalue weighted by molar-refractivity contribution is -0.142. The maximum atomic E-state index is 12.3. The molecule has 4 nitrogen and oxygen atoms in total. The predicted octanol–water partition coefficient (Wildman–Crippen LogP) is 2.24. The van der Waals surface area contributed by atoms with Crippen LogP contribution in [0.2, 0.25) is 0 Å². The number of carbonyl (C=O) groups excluding carboxylic acids is 1. The molecule has 1 heterocycles. The molecule has 1 unspecified atom stereocenters. The summed E-state index contributed by atoms with van der Waals surface area (Å²) in [7, 11) is 0. The Kier molecular flexibility index (Phi) is 4.65. The number of carbonyl (C=O) groups is 1. The van der Waals surface area contributed by atoms with Gasteiger partial charge in [-0.05, 0) is 50.5 Å². The average Bonchev–Trinajstić information content (AvgIpc) is 2.44. The molecule has 110 valence electrons. The molecule has 20 heavy (non-hydrogen) atoms. The van der Waals surface area contributed by atoms with Crippen LogP contribution in [0.4, 0.5) is 0 Å². The van der Waals surface area contributed by atoms with Crippen molar-refractivity contribution in [1.82, 2.24) is 4.90 Å². The van der Waals surface area contributed by atoms with Crippen LogP contribution in [0, 0.1) is 20.8 Å². The summed E-state index contributed by atoms with van der Waals surface area (Å²) < 4.78 is 11.2. The molecule has 1 saturated heterocycles. The molecule has 0 saturated carbocycles. The van der Waals surface area contributed by atoms with E-state index >= 15 is 0 Å². The lowest BCUT2D eigenvalue weighted by Gasteiger charge is -2.29. The molecule has 0 bridgehead atoms. The molecule has 1 aromatic carbocycles. The van der Waals surface area contributed by atoms with Crippen LogP contribution in [-0.2, 0) is 9.53 Å². The summed E-state index contributed by atoms with van der Waals surface area (Å²) >= 11 is 0. The van der Waals surface area contributed by atoms with Crippen molar-refractivity contribution in [1.29, 1.82) is 0 Å². The van der Waals surface area contributed by atoms with Gasteiger partial charge in [-0.25, -0.2) is 0 Å². The molecule has 0 aliphatic carbocycles. The lowest BCUT2D eigenvalue weighted by Crippen LogP contribution is -2.46. The number of ether oxygens (including phenoxy) is 2. The Bertz CT molecular complexity index is 493. The molecular weight excluding hydrogens is 254 g/mol. The highest BCUT2D eigenvalue weighted by Crippen LogP contribution is 2.24. The molecule has 0 spiro atoms. The molecule has 0 radical (unpaired) electrons. The number of amides is 1. The van der Waals surface area contributed by atoms with E-state index in [-0.39, 0.29) is 5.91 Å². The van der Waals surface area contributed by atoms with Gasteiger partial charge in [0.15, 0.2) is 6.10 Å². The standard InChI is InChI=1S/C16H23NO3/c1-11-9-12(2)13(3)15(10-11)20-14(4)16(18)17-5-7-19-8-6-17/h9-10,14H,5-8H2,1-4H3. The van der Waals surface area contributed by atoms with Gasteiger partial charge < -0.3 is 14.4 Å². The van der Waals surface area contributed by atoms with Crippen molar-refractivity contribution in [2.24, 2.45) is 0 Å². The van der Waals surface area contributed by atoms with Crippen LogP contribution in [0.5, 0.6) is 5.75 Å². The number of hydrogen-bond donors (Lipinski definition) is 0. The first kappa shape index (κ1) is 14.9. The molecule has 1 aromatic rings. The Hall–Kier alpha value is -1.55. The summed E-state index contributed by atoms with van der Waals surface area (Å²) in [6, 6.07) is 4.11. The first-order valence-electron chi connectivity index (χ1n) is 7.10. The molecule has 1 aliphatic heterocycles. The van der Waals surface area contributed by atoms with Crippen LogP contribution < -0.4 is 4.74 Å². The van der Waals surface area contributed by atoms with Gasteiger partial charge in [-0.2, -0.15) is 0 Å². The van der Waals surface area contributed by atoms with E-state index in [1.54, 1.807) is 0 Å². The molecular formula is C16H23NO3. The Balaban J connectivity index is 2.07. The fourth-order valence-electron chi connectivity index (χ4n) is 2.40. The summed E-state index contributed by atoms with van der Waals surface area (Å²) in [5.41, 5.74) is 3.43. The number of benzene rings is 1. The van der Waals surface area contributed by atoms with Crippen molar-refractivity contribution in [2.45, 2.75) is 33.8 Å². The molecule has 1 fully saturated rings. The number of aryl methyl sites for hydroxylation is 2. The van der Waals surface area contributed by atoms with Crippen molar-refractivity contribution >= 4 is 5.91 Å². The van der Waals surface area contributed by atoms with Crippen LogP contribution in [0.1, 0.15) is 23.6 Å². The minimum absolute atomic E-state index is 0.0341. The number of nitrogens with zero attached hydrogens (tertiary/aromatic N) is 1. The Morgan fingerprint density at radius 1 is 1.25 bits per heavy atom. The van der Waals surface area contributed by atoms with Crippen molar-refractivity contribution < 1.29 is 14.3 Å². The zero-order valence-electron chi connectivity index (χ0n) is 12.7. The molecule has 1 aliphatic rings. The average molecular weight is 277 g/mol. The molecule has 4 heteroatoms. The highest BCUT2D eigenvalue weighted by Gasteiger charge is 2.24. The van der Waals surface area contributed by atoms with Crippen LogP contribution >= 0.6 is 0 Å². The first-order valence-corrected chi connectivity index (χ1v) is 7.10. The van der Waals surface area contributed by atoms with Gasteiger partial charge in [-0.1, -0.05) is 6.07 Å². The van der Waals surface area contributed by atoms with E-state index in [2.05, 4.69) is 13.0 Å². The van der Waals surface area contributed by atoms with Crippen LogP contribution in [0.15, 0.2) is 12.1 Å². The second-order valence-corrected chi connectivity index (χ2v) is 5.40. The van der Waals surface area contributed by atoms with Crippen LogP contribution in [0.3, 0.4) is 0 Å². The van der Waals surface area contributed by atoms with E-state index in [0.717, 1.165) is 16.9 Å². The van der Waals surface area contributed by atoms with Crippen molar-refractivity contribution in [3.05, 3.63) is 28.8 Å². The van der Waals surface area contributed by atoms with E-state index in [0.29, 0.717) is 26.3 Å². The van der Waals surface area contributed by atoms with Gasteiger partial charge in [0.25, 0.3) is 5.91 Å². The fraction of sp³-hybridized carbons (Fsp3) is 0.562. The summed E-state index contributed by atoms with van der Waals surface area (Å²) in [6.45, 7) is 10.5. The second kappa shape index (κ2) is 6.27. The van der Waals surface area contributed by atoms with E-state index in [4.69, 9.17) is 9.47 Å². The first-order chi connectivity index (χ1) is 9.49. The third-order valence-electron chi connectivity index (χ3n) is 3.74. The van der Waals surface area contributed by atoms with Crippen LogP contribution in [-0.4, -0.2) is 43.2 Å². The summed E-state index contributed by atoms with van der Waals surface area (Å²) in [4.78, 5) is 14.1. The lowest BCUT2D eigenvalue weighted by atomic mass is 10.1. The van der Waals surface area contributed by atoms with E-state index < -0.39 is 6.10 Å². The van der Waals surface area contributed by atoms with E-state index in [1.807, 2.05) is 31.7 Å². The number of hydrogen-bond acceptors (Lipinski definition) is 3. The fourth-order valence-corrected chi connectivity index (χ4v) is 2.40. The monoisotopic (exact) mass is 277 g/mol. The topological polar surface area (TPSA) is 38.8 Å². The third kappa shape index (κ3) is 3.31. The molecule has 2 rings (SSSR count). The zero-order valence-corrected chi connectivity index (χ0v) is 12.7. The highest BCUT2D eigenvalue weighted by atomic mass is 16.5. The highest BCUT2D eigenvalue weighted by molar-refractivity contribution is 5.81. The van der Waals surface area contributed by atoms with Crippen LogP contribution in [0.25, 0.3) is 0 Å². The summed E-state index contributed by atoms with van der Waals surface area (Å²) in [5, 5.41) is 0. The van der Waals surface area contributed by atoms with Gasteiger partial charge in [-0.3, -0.25) is 4.79 Å². The van der Waals surface area contributed by atoms with E-state index in [9.17, 15) is 4.79 Å². The van der Waals surface area contributed by atoms with Gasteiger partial charge >= 0.3 is 0 Å². The van der Waals surface area contributed by atoms with Crippen molar-refractivity contribution in [3.63, 3.8) is 0 Å². The van der Waals surface area contributed by atoms with Gasteiger partial charge in [0, 0.05) is 13.1 Å². The maximum absolute atomic E-state index is 12.3. The summed E-state index contributed by atoms with van der Waals surface area (Å²) in [6.07, 6.45) is -0.465. The number of rotatable bonds is 3. The molecule has 0 aromatic heterocycles. The second-order valence-electron chi connectivity index (χ2n) is 5.40. The van der Waals surface area contributed by atoms with Crippen molar-refractivity contribution in [2.75, 3.05) is 26.3 Å². The summed E-state index contributed by atoms with van der Waals surface area (Å²) in [5.74, 6) is 0.837. The Morgan fingerprint density at radius 3 is 2.55 bits per heavy atom. The normalized spacial score (nSPS) is 16.9. The third-order valence-corrected chi connectivity index (χ3v) is 3.74. The quantitative estimate of drug-likeness (QED) is 0.850. The smallest absolute Gasteiger partial charge is 0.263 e. The minimum atomic E-state index is -0.465. The van der Waals surface area contributed by atoms with Gasteiger partial charge in [0.2, 0.25) is 0 Å². The van der Waals surface area contributed by atoms with Crippen molar-refractivity contribution in [3.8, 4) is 5.75 Å². The van der Waals surface area contributed by atoms with Gasteiger partial charge in [0.05, 0.1) is 13.2 Å². The zero-order chi connectivity index (χ0) is 14.7. The van der Waals surface area contributed by atoms with Gasteiger partial charge in [0.1, 0.15) is 5.75 Å². The predicted molar refractivity (Wildman–Crippen MR) is 78.1 cm³/mol. The molecule has 0 N–H and O–H groups in total.